The molecular weight excluding hydrogens is 324 g/mol. The van der Waals surface area contributed by atoms with E-state index in [4.69, 9.17) is 4.52 Å². The summed E-state index contributed by atoms with van der Waals surface area (Å²) in [5.41, 5.74) is 3.94. The first-order valence-electron chi connectivity index (χ1n) is 9.05. The topological polar surface area (TPSA) is 46.3 Å². The maximum absolute atomic E-state index is 13.0. The van der Waals surface area contributed by atoms with Gasteiger partial charge in [0.15, 0.2) is 5.76 Å². The molecule has 1 saturated heterocycles. The van der Waals surface area contributed by atoms with E-state index in [0.717, 1.165) is 31.5 Å². The number of hydrogen-bond acceptors (Lipinski definition) is 3. The number of rotatable bonds is 4. The fourth-order valence-electron chi connectivity index (χ4n) is 3.61. The van der Waals surface area contributed by atoms with Gasteiger partial charge in [-0.2, -0.15) is 0 Å². The molecule has 26 heavy (non-hydrogen) atoms. The SMILES string of the molecule is Cc1ccc(-c2oncc2C(=O)N2CCC(Cc3ccccc3)C2)cc1. The molecule has 0 aliphatic carbocycles. The van der Waals surface area contributed by atoms with Gasteiger partial charge in [-0.25, -0.2) is 0 Å². The molecule has 2 aromatic carbocycles. The van der Waals surface area contributed by atoms with E-state index in [1.54, 1.807) is 6.20 Å². The molecule has 4 rings (SSSR count). The Balaban J connectivity index is 1.47. The van der Waals surface area contributed by atoms with Crippen molar-refractivity contribution in [3.05, 3.63) is 77.5 Å². The summed E-state index contributed by atoms with van der Waals surface area (Å²) in [6.45, 7) is 3.61. The molecule has 1 aliphatic heterocycles. The van der Waals surface area contributed by atoms with E-state index >= 15 is 0 Å². The minimum absolute atomic E-state index is 0.0115. The molecule has 1 atom stereocenters. The van der Waals surface area contributed by atoms with Crippen LogP contribution in [0.3, 0.4) is 0 Å². The average molecular weight is 346 g/mol. The lowest BCUT2D eigenvalue weighted by atomic mass is 9.99. The number of aromatic nitrogens is 1. The molecule has 1 aliphatic rings. The third-order valence-electron chi connectivity index (χ3n) is 5.05. The van der Waals surface area contributed by atoms with E-state index in [2.05, 4.69) is 29.4 Å². The zero-order chi connectivity index (χ0) is 17.9. The van der Waals surface area contributed by atoms with Gasteiger partial charge in [-0.3, -0.25) is 4.79 Å². The molecule has 0 spiro atoms. The first kappa shape index (κ1) is 16.6. The fourth-order valence-corrected chi connectivity index (χ4v) is 3.61. The number of hydrogen-bond donors (Lipinski definition) is 0. The van der Waals surface area contributed by atoms with Gasteiger partial charge in [-0.1, -0.05) is 65.3 Å². The zero-order valence-electron chi connectivity index (χ0n) is 14.9. The van der Waals surface area contributed by atoms with E-state index in [9.17, 15) is 4.79 Å². The molecule has 1 unspecified atom stereocenters. The third-order valence-corrected chi connectivity index (χ3v) is 5.05. The Bertz CT molecular complexity index is 884. The Labute approximate surface area is 153 Å². The lowest BCUT2D eigenvalue weighted by molar-refractivity contribution is 0.0787. The first-order chi connectivity index (χ1) is 12.7. The summed E-state index contributed by atoms with van der Waals surface area (Å²) < 4.78 is 5.40. The van der Waals surface area contributed by atoms with Crippen molar-refractivity contribution >= 4 is 5.91 Å². The third kappa shape index (κ3) is 3.40. The Morgan fingerprint density at radius 2 is 1.92 bits per heavy atom. The van der Waals surface area contributed by atoms with Crippen molar-refractivity contribution in [3.8, 4) is 11.3 Å². The maximum Gasteiger partial charge on any atom is 0.259 e. The van der Waals surface area contributed by atoms with Crippen LogP contribution < -0.4 is 0 Å². The Hall–Kier alpha value is -2.88. The van der Waals surface area contributed by atoms with Gasteiger partial charge in [0.25, 0.3) is 5.91 Å². The molecule has 132 valence electrons. The van der Waals surface area contributed by atoms with Crippen molar-refractivity contribution in [3.63, 3.8) is 0 Å². The smallest absolute Gasteiger partial charge is 0.259 e. The number of carbonyl (C=O) groups is 1. The normalized spacial score (nSPS) is 16.8. The van der Waals surface area contributed by atoms with Crippen molar-refractivity contribution in [2.45, 2.75) is 19.8 Å². The molecule has 0 N–H and O–H groups in total. The van der Waals surface area contributed by atoms with E-state index in [1.165, 1.54) is 11.1 Å². The van der Waals surface area contributed by atoms with Crippen molar-refractivity contribution < 1.29 is 9.32 Å². The number of amides is 1. The second-order valence-corrected chi connectivity index (χ2v) is 7.03. The summed E-state index contributed by atoms with van der Waals surface area (Å²) in [5, 5.41) is 3.88. The minimum Gasteiger partial charge on any atom is -0.355 e. The quantitative estimate of drug-likeness (QED) is 0.705. The summed E-state index contributed by atoms with van der Waals surface area (Å²) >= 11 is 0. The van der Waals surface area contributed by atoms with E-state index in [0.29, 0.717) is 17.2 Å². The standard InChI is InChI=1S/C22H22N2O2/c1-16-7-9-19(10-8-16)21-20(14-23-26-21)22(25)24-12-11-18(15-24)13-17-5-3-2-4-6-17/h2-10,14,18H,11-13,15H2,1H3. The molecule has 1 aromatic heterocycles. The van der Waals surface area contributed by atoms with Crippen LogP contribution in [0.15, 0.2) is 65.3 Å². The van der Waals surface area contributed by atoms with Crippen LogP contribution >= 0.6 is 0 Å². The predicted octanol–water partition coefficient (Wildman–Crippen LogP) is 4.35. The number of benzene rings is 2. The fraction of sp³-hybridized carbons (Fsp3) is 0.273. The van der Waals surface area contributed by atoms with Crippen LogP contribution in [0.4, 0.5) is 0 Å². The predicted molar refractivity (Wildman–Crippen MR) is 101 cm³/mol. The van der Waals surface area contributed by atoms with Gasteiger partial charge in [-0.05, 0) is 31.2 Å². The van der Waals surface area contributed by atoms with Crippen LogP contribution in [0.5, 0.6) is 0 Å². The Morgan fingerprint density at radius 3 is 2.69 bits per heavy atom. The lowest BCUT2D eigenvalue weighted by Crippen LogP contribution is -2.29. The summed E-state index contributed by atoms with van der Waals surface area (Å²) in [4.78, 5) is 14.9. The monoisotopic (exact) mass is 346 g/mol. The van der Waals surface area contributed by atoms with Crippen molar-refractivity contribution in [1.82, 2.24) is 10.1 Å². The Kier molecular flexibility index (Phi) is 4.57. The molecule has 2 heterocycles. The van der Waals surface area contributed by atoms with E-state index < -0.39 is 0 Å². The van der Waals surface area contributed by atoms with Crippen molar-refractivity contribution in [2.75, 3.05) is 13.1 Å². The molecular formula is C22H22N2O2. The minimum atomic E-state index is 0.0115. The molecule has 0 radical (unpaired) electrons. The Morgan fingerprint density at radius 1 is 1.15 bits per heavy atom. The van der Waals surface area contributed by atoms with Crippen LogP contribution in [0.2, 0.25) is 0 Å². The molecule has 4 nitrogen and oxygen atoms in total. The van der Waals surface area contributed by atoms with Gasteiger partial charge < -0.3 is 9.42 Å². The number of carbonyl (C=O) groups excluding carboxylic acids is 1. The second kappa shape index (κ2) is 7.16. The van der Waals surface area contributed by atoms with Gasteiger partial charge >= 0.3 is 0 Å². The number of nitrogens with zero attached hydrogens (tertiary/aromatic N) is 2. The van der Waals surface area contributed by atoms with Crippen LogP contribution in [-0.4, -0.2) is 29.1 Å². The van der Waals surface area contributed by atoms with E-state index in [-0.39, 0.29) is 5.91 Å². The van der Waals surface area contributed by atoms with Crippen LogP contribution in [0, 0.1) is 12.8 Å². The summed E-state index contributed by atoms with van der Waals surface area (Å²) in [7, 11) is 0. The highest BCUT2D eigenvalue weighted by Gasteiger charge is 2.30. The van der Waals surface area contributed by atoms with Crippen LogP contribution in [0.25, 0.3) is 11.3 Å². The van der Waals surface area contributed by atoms with Gasteiger partial charge in [-0.15, -0.1) is 0 Å². The first-order valence-corrected chi connectivity index (χ1v) is 9.05. The highest BCUT2D eigenvalue weighted by Crippen LogP contribution is 2.28. The van der Waals surface area contributed by atoms with Crippen molar-refractivity contribution in [1.29, 1.82) is 0 Å². The van der Waals surface area contributed by atoms with Gasteiger partial charge in [0.2, 0.25) is 0 Å². The van der Waals surface area contributed by atoms with Crippen LogP contribution in [0.1, 0.15) is 27.9 Å². The van der Waals surface area contributed by atoms with Gasteiger partial charge in [0.05, 0.1) is 6.20 Å². The molecule has 1 amide bonds. The number of likely N-dealkylation sites (tertiary alicyclic amines) is 1. The van der Waals surface area contributed by atoms with Crippen molar-refractivity contribution in [2.24, 2.45) is 5.92 Å². The molecule has 4 heteroatoms. The largest absolute Gasteiger partial charge is 0.355 e. The van der Waals surface area contributed by atoms with E-state index in [1.807, 2.05) is 42.2 Å². The summed E-state index contributed by atoms with van der Waals surface area (Å²) in [6.07, 6.45) is 3.59. The van der Waals surface area contributed by atoms with Gasteiger partial charge in [0.1, 0.15) is 5.56 Å². The highest BCUT2D eigenvalue weighted by molar-refractivity contribution is 5.99. The van der Waals surface area contributed by atoms with Gasteiger partial charge in [0, 0.05) is 18.7 Å². The molecule has 3 aromatic rings. The average Bonchev–Trinajstić information content (AvgIpc) is 3.32. The highest BCUT2D eigenvalue weighted by atomic mass is 16.5. The summed E-state index contributed by atoms with van der Waals surface area (Å²) in [5.74, 6) is 1.07. The zero-order valence-corrected chi connectivity index (χ0v) is 14.9. The van der Waals surface area contributed by atoms with Crippen LogP contribution in [-0.2, 0) is 6.42 Å². The molecule has 0 saturated carbocycles. The number of aryl methyl sites for hydroxylation is 1. The lowest BCUT2D eigenvalue weighted by Gasteiger charge is -2.16. The summed E-state index contributed by atoms with van der Waals surface area (Å²) in [6, 6.07) is 18.4. The second-order valence-electron chi connectivity index (χ2n) is 7.03. The molecule has 1 fully saturated rings. The maximum atomic E-state index is 13.0. The molecule has 0 bridgehead atoms.